The normalized spacial score (nSPS) is 25.3. The van der Waals surface area contributed by atoms with Gasteiger partial charge in [-0.3, -0.25) is 9.59 Å². The highest BCUT2D eigenvalue weighted by molar-refractivity contribution is 5.88. The van der Waals surface area contributed by atoms with Gasteiger partial charge >= 0.3 is 0 Å². The number of hydrogen-bond donors (Lipinski definition) is 3. The third kappa shape index (κ3) is 8.46. The summed E-state index contributed by atoms with van der Waals surface area (Å²) in [5.74, 6) is 0.401. The first-order valence-corrected chi connectivity index (χ1v) is 15.8. The van der Waals surface area contributed by atoms with Crippen LogP contribution in [0.4, 0.5) is 0 Å². The lowest BCUT2D eigenvalue weighted by Gasteiger charge is -2.33. The Kier molecular flexibility index (Phi) is 12.2. The molecule has 2 aromatic rings. The Labute approximate surface area is 256 Å². The minimum atomic E-state index is -0.867. The van der Waals surface area contributed by atoms with Gasteiger partial charge in [0.05, 0.1) is 32.0 Å². The van der Waals surface area contributed by atoms with E-state index in [9.17, 15) is 14.7 Å². The molecule has 0 saturated carbocycles. The van der Waals surface area contributed by atoms with Crippen molar-refractivity contribution in [3.63, 3.8) is 0 Å². The first-order valence-electron chi connectivity index (χ1n) is 15.8. The number of rotatable bonds is 9. The summed E-state index contributed by atoms with van der Waals surface area (Å²) in [6.45, 7) is 4.84. The lowest BCUT2D eigenvalue weighted by molar-refractivity contribution is -0.142. The van der Waals surface area contributed by atoms with E-state index in [2.05, 4.69) is 30.5 Å². The standard InChI is InChI=1S/C35H49N3O5/c1-5-12-25(13-6-2)35(41)38(3)31-16-10-11-19-43-33-22-29(28-21-26(42-4)17-18-27(28)33)36-23-32(39)30(37-34(31)40)20-24-14-8-7-9-15-24/h7-11,14-15,17-18,21,25,29-33,36,39H,5-6,12-13,16,19-20,22-23H2,1-4H3,(H,37,40)/b11-10+/t29-,30-,31-,32+,33+/m0/s1. The molecule has 2 aromatic carbocycles. The van der Waals surface area contributed by atoms with Gasteiger partial charge in [0.15, 0.2) is 0 Å². The molecular weight excluding hydrogens is 542 g/mol. The highest BCUT2D eigenvalue weighted by Crippen LogP contribution is 2.42. The Bertz CT molecular complexity index is 1210. The van der Waals surface area contributed by atoms with Gasteiger partial charge in [-0.05, 0) is 60.9 Å². The number of amides is 2. The Morgan fingerprint density at radius 1 is 1.09 bits per heavy atom. The average Bonchev–Trinajstić information content (AvgIpc) is 3.36. The van der Waals surface area contributed by atoms with E-state index >= 15 is 0 Å². The summed E-state index contributed by atoms with van der Waals surface area (Å²) in [4.78, 5) is 29.1. The van der Waals surface area contributed by atoms with Crippen molar-refractivity contribution in [3.8, 4) is 5.75 Å². The Morgan fingerprint density at radius 2 is 1.84 bits per heavy atom. The topological polar surface area (TPSA) is 100 Å². The molecule has 0 unspecified atom stereocenters. The van der Waals surface area contributed by atoms with Crippen molar-refractivity contribution in [2.24, 2.45) is 5.92 Å². The van der Waals surface area contributed by atoms with Gasteiger partial charge in [-0.1, -0.05) is 75.2 Å². The Balaban J connectivity index is 1.63. The van der Waals surface area contributed by atoms with Crippen molar-refractivity contribution < 1.29 is 24.2 Å². The van der Waals surface area contributed by atoms with Crippen molar-refractivity contribution in [3.05, 3.63) is 77.4 Å². The second-order valence-electron chi connectivity index (χ2n) is 11.8. The number of ether oxygens (including phenoxy) is 2. The SMILES string of the molecule is CCCC(CCC)C(=O)N(C)[C@H]1C/C=C/CO[C@@H]2C[C@H](NC[C@@H](O)[C@H](Cc3ccccc3)NC1=O)c1cc(OC)ccc12. The lowest BCUT2D eigenvalue weighted by Crippen LogP contribution is -2.55. The molecule has 5 atom stereocenters. The summed E-state index contributed by atoms with van der Waals surface area (Å²) in [6, 6.07) is 14.6. The number of fused-ring (bicyclic) bond motifs is 5. The van der Waals surface area contributed by atoms with Crippen molar-refractivity contribution in [2.75, 3.05) is 27.3 Å². The number of nitrogens with one attached hydrogen (secondary N) is 2. The minimum Gasteiger partial charge on any atom is -0.497 e. The molecule has 0 saturated heterocycles. The van der Waals surface area contributed by atoms with Gasteiger partial charge < -0.3 is 30.1 Å². The zero-order chi connectivity index (χ0) is 30.8. The fraction of sp³-hybridized carbons (Fsp3) is 0.543. The average molecular weight is 592 g/mol. The largest absolute Gasteiger partial charge is 0.497 e. The van der Waals surface area contributed by atoms with Gasteiger partial charge in [0.25, 0.3) is 0 Å². The monoisotopic (exact) mass is 591 g/mol. The quantitative estimate of drug-likeness (QED) is 0.360. The molecule has 1 aliphatic carbocycles. The first-order chi connectivity index (χ1) is 20.9. The van der Waals surface area contributed by atoms with E-state index in [1.165, 1.54) is 0 Å². The summed E-state index contributed by atoms with van der Waals surface area (Å²) < 4.78 is 11.8. The molecule has 0 spiro atoms. The molecule has 4 rings (SSSR count). The van der Waals surface area contributed by atoms with Crippen LogP contribution in [0.3, 0.4) is 0 Å². The molecule has 2 amide bonds. The maximum absolute atomic E-state index is 13.9. The molecule has 1 heterocycles. The predicted molar refractivity (Wildman–Crippen MR) is 169 cm³/mol. The number of β-amino-alcohol motifs (C(OH)–C–C–N with tert-alkyl or cyclic N) is 1. The second-order valence-corrected chi connectivity index (χ2v) is 11.8. The zero-order valence-corrected chi connectivity index (χ0v) is 26.1. The fourth-order valence-corrected chi connectivity index (χ4v) is 6.37. The molecule has 2 bridgehead atoms. The second kappa shape index (κ2) is 16.0. The van der Waals surface area contributed by atoms with E-state index < -0.39 is 18.2 Å². The highest BCUT2D eigenvalue weighted by Gasteiger charge is 2.35. The molecular formula is C35H49N3O5. The minimum absolute atomic E-state index is 0.00224. The number of aliphatic hydroxyl groups excluding tert-OH is 1. The number of aliphatic hydroxyl groups is 1. The van der Waals surface area contributed by atoms with Crippen LogP contribution in [0.15, 0.2) is 60.7 Å². The van der Waals surface area contributed by atoms with Crippen LogP contribution in [-0.4, -0.2) is 67.3 Å². The van der Waals surface area contributed by atoms with Crippen molar-refractivity contribution >= 4 is 11.8 Å². The Morgan fingerprint density at radius 3 is 2.53 bits per heavy atom. The van der Waals surface area contributed by atoms with Gasteiger partial charge in [0.1, 0.15) is 11.8 Å². The molecule has 8 nitrogen and oxygen atoms in total. The van der Waals surface area contributed by atoms with Gasteiger partial charge in [0.2, 0.25) is 11.8 Å². The van der Waals surface area contributed by atoms with Crippen LogP contribution >= 0.6 is 0 Å². The van der Waals surface area contributed by atoms with Gasteiger partial charge in [-0.15, -0.1) is 0 Å². The Hall–Kier alpha value is -3.20. The van der Waals surface area contributed by atoms with Crippen molar-refractivity contribution in [1.82, 2.24) is 15.5 Å². The van der Waals surface area contributed by atoms with Crippen LogP contribution in [0.1, 0.15) is 81.2 Å². The number of hydrogen-bond acceptors (Lipinski definition) is 6. The summed E-state index contributed by atoms with van der Waals surface area (Å²) in [7, 11) is 3.39. The molecule has 234 valence electrons. The van der Waals surface area contributed by atoms with Crippen LogP contribution < -0.4 is 15.4 Å². The summed E-state index contributed by atoms with van der Waals surface area (Å²) in [5.41, 5.74) is 3.23. The van der Waals surface area contributed by atoms with Crippen molar-refractivity contribution in [1.29, 1.82) is 0 Å². The van der Waals surface area contributed by atoms with Crippen LogP contribution in [0.5, 0.6) is 5.75 Å². The maximum atomic E-state index is 13.9. The van der Waals surface area contributed by atoms with Crippen LogP contribution in [0, 0.1) is 5.92 Å². The lowest BCUT2D eigenvalue weighted by atomic mass is 9.95. The van der Waals surface area contributed by atoms with E-state index in [0.717, 1.165) is 54.5 Å². The molecule has 43 heavy (non-hydrogen) atoms. The molecule has 3 N–H and O–H groups in total. The van der Waals surface area contributed by atoms with Crippen molar-refractivity contribution in [2.45, 2.75) is 89.1 Å². The molecule has 1 aliphatic heterocycles. The van der Waals surface area contributed by atoms with E-state index in [1.807, 2.05) is 54.6 Å². The third-order valence-corrected chi connectivity index (χ3v) is 8.79. The molecule has 0 radical (unpaired) electrons. The zero-order valence-electron chi connectivity index (χ0n) is 26.1. The maximum Gasteiger partial charge on any atom is 0.243 e. The number of methoxy groups -OCH3 is 1. The summed E-state index contributed by atoms with van der Waals surface area (Å²) in [5, 5.41) is 18.2. The summed E-state index contributed by atoms with van der Waals surface area (Å²) >= 11 is 0. The number of carbonyl (C=O) groups excluding carboxylic acids is 2. The molecule has 2 aliphatic rings. The van der Waals surface area contributed by atoms with Crippen LogP contribution in [0.25, 0.3) is 0 Å². The van der Waals surface area contributed by atoms with Gasteiger partial charge in [-0.2, -0.15) is 0 Å². The first kappa shape index (κ1) is 32.7. The number of likely N-dealkylation sites (N-methyl/N-ethyl adjacent to an activating group) is 1. The van der Waals surface area contributed by atoms with Crippen LogP contribution in [0.2, 0.25) is 0 Å². The molecule has 0 fully saturated rings. The molecule has 8 heteroatoms. The van der Waals surface area contributed by atoms with Gasteiger partial charge in [0, 0.05) is 25.6 Å². The van der Waals surface area contributed by atoms with E-state index in [0.29, 0.717) is 19.4 Å². The number of nitrogens with zero attached hydrogens (tertiary/aromatic N) is 1. The van der Waals surface area contributed by atoms with E-state index in [4.69, 9.17) is 9.47 Å². The van der Waals surface area contributed by atoms with Crippen LogP contribution in [-0.2, 0) is 20.7 Å². The number of benzene rings is 2. The fourth-order valence-electron chi connectivity index (χ4n) is 6.37. The molecule has 0 aromatic heterocycles. The van der Waals surface area contributed by atoms with E-state index in [1.54, 1.807) is 19.1 Å². The smallest absolute Gasteiger partial charge is 0.243 e. The van der Waals surface area contributed by atoms with E-state index in [-0.39, 0.29) is 36.4 Å². The predicted octanol–water partition coefficient (Wildman–Crippen LogP) is 4.88. The third-order valence-electron chi connectivity index (χ3n) is 8.79. The van der Waals surface area contributed by atoms with Gasteiger partial charge in [-0.25, -0.2) is 0 Å². The highest BCUT2D eigenvalue weighted by atomic mass is 16.5. The summed E-state index contributed by atoms with van der Waals surface area (Å²) in [6.07, 6.45) is 7.87. The number of carbonyl (C=O) groups is 2.